The molecule has 0 saturated carbocycles. The van der Waals surface area contributed by atoms with Crippen molar-refractivity contribution < 1.29 is 37.8 Å². The zero-order chi connectivity index (χ0) is 9.21. The molecule has 0 spiro atoms. The molecule has 0 unspecified atom stereocenters. The maximum absolute atomic E-state index is 9.50. The van der Waals surface area contributed by atoms with Crippen LogP contribution in [0.4, 0.5) is 13.4 Å². The van der Waals surface area contributed by atoms with Gasteiger partial charge in [0.1, 0.15) is 0 Å². The summed E-state index contributed by atoms with van der Waals surface area (Å²) in [5.41, 5.74) is 0. The summed E-state index contributed by atoms with van der Waals surface area (Å²) < 4.78 is 36.6. The normalized spacial score (nSPS) is 7.55. The zero-order valence-corrected chi connectivity index (χ0v) is 5.63. The molecule has 3 N–H and O–H groups in total. The third kappa shape index (κ3) is 3580. The van der Waals surface area contributed by atoms with E-state index in [9.17, 15) is 4.39 Å². The van der Waals surface area contributed by atoms with Crippen LogP contribution in [0.1, 0.15) is 0 Å². The molecule has 0 aliphatic heterocycles. The molecule has 0 aromatic rings. The molecule has 0 saturated heterocycles. The first-order valence-electron chi connectivity index (χ1n) is 1.47. The van der Waals surface area contributed by atoms with Crippen LogP contribution in [0.25, 0.3) is 0 Å². The minimum absolute atomic E-state index is 0. The Bertz CT molecular complexity index is 77.5. The van der Waals surface area contributed by atoms with Gasteiger partial charge < -0.3 is 14.7 Å². The molecule has 0 radical (unpaired) electrons. The molecule has 11 heavy (non-hydrogen) atoms. The molecule has 0 rings (SSSR count). The average Bonchev–Trinajstić information content (AvgIpc) is 1.68. The molecule has 0 fully saturated rings. The van der Waals surface area contributed by atoms with Gasteiger partial charge in [-0.25, -0.2) is 4.57 Å². The Morgan fingerprint density at radius 3 is 1.18 bits per heavy atom. The van der Waals surface area contributed by atoms with Gasteiger partial charge in [-0.1, -0.05) is 0 Å². The van der Waals surface area contributed by atoms with Gasteiger partial charge >= 0.3 is 26.7 Å². The van der Waals surface area contributed by atoms with Crippen molar-refractivity contribution in [3.05, 3.63) is 0 Å². The Labute approximate surface area is 72.4 Å². The van der Waals surface area contributed by atoms with E-state index in [-0.39, 0.29) is 18.9 Å². The topological polar surface area (TPSA) is 87.0 Å². The van der Waals surface area contributed by atoms with Crippen LogP contribution in [-0.4, -0.2) is 40.7 Å². The molecule has 0 aromatic heterocycles. The molecule has 5 nitrogen and oxygen atoms in total. The van der Waals surface area contributed by atoms with Crippen LogP contribution in [0.5, 0.6) is 0 Å². The van der Waals surface area contributed by atoms with E-state index < -0.39 is 7.82 Å². The summed E-state index contributed by atoms with van der Waals surface area (Å²) in [6, 6.07) is 0. The van der Waals surface area contributed by atoms with E-state index in [4.69, 9.17) is 28.3 Å². The summed E-state index contributed by atoms with van der Waals surface area (Å²) in [6.07, 6.45) is 0. The Kier molecular flexibility index (Phi) is 34.4. The molecule has 0 heterocycles. The van der Waals surface area contributed by atoms with E-state index in [1.54, 1.807) is 0 Å². The summed E-state index contributed by atoms with van der Waals surface area (Å²) in [4.78, 5) is 21.6. The SMILES string of the molecule is CF.FOF.O=P(O)(O)O.[LiH]. The molecule has 68 valence electrons. The van der Waals surface area contributed by atoms with E-state index >= 15 is 0 Å². The molecular formula is CH7F3LiO5P. The van der Waals surface area contributed by atoms with Crippen molar-refractivity contribution in [3.63, 3.8) is 0 Å². The van der Waals surface area contributed by atoms with Crippen molar-refractivity contribution >= 4 is 26.7 Å². The van der Waals surface area contributed by atoms with Crippen molar-refractivity contribution in [2.75, 3.05) is 7.18 Å². The molecule has 0 amide bonds. The van der Waals surface area contributed by atoms with E-state index in [0.717, 1.165) is 0 Å². The fourth-order valence-electron chi connectivity index (χ4n) is 0. The third-order valence-electron chi connectivity index (χ3n) is 0. The molecule has 10 heteroatoms. The number of hydrogen-bond donors (Lipinski definition) is 3. The molecule has 0 aromatic carbocycles. The fraction of sp³-hybridized carbons (Fsp3) is 1.00. The van der Waals surface area contributed by atoms with Crippen LogP contribution in [0.3, 0.4) is 0 Å². The number of hydrogen-bond acceptors (Lipinski definition) is 2. The monoisotopic (exact) mass is 194 g/mol. The van der Waals surface area contributed by atoms with Crippen LogP contribution in [0.15, 0.2) is 0 Å². The van der Waals surface area contributed by atoms with Gasteiger partial charge in [-0.05, 0) is 9.05 Å². The fourth-order valence-corrected chi connectivity index (χ4v) is 0. The van der Waals surface area contributed by atoms with Gasteiger partial charge in [0.15, 0.2) is 0 Å². The summed E-state index contributed by atoms with van der Waals surface area (Å²) in [5, 5.41) is 1.25. The van der Waals surface area contributed by atoms with Crippen molar-refractivity contribution in [2.45, 2.75) is 0 Å². The number of halogens is 3. The summed E-state index contributed by atoms with van der Waals surface area (Å²) in [7, 11) is -4.14. The zero-order valence-electron chi connectivity index (χ0n) is 4.74. The van der Waals surface area contributed by atoms with Gasteiger partial charge in [-0.2, -0.15) is 0 Å². The van der Waals surface area contributed by atoms with Crippen molar-refractivity contribution in [1.29, 1.82) is 0 Å². The van der Waals surface area contributed by atoms with Gasteiger partial charge in [0.05, 0.1) is 7.18 Å². The minimum atomic E-state index is -4.64. The summed E-state index contributed by atoms with van der Waals surface area (Å²) in [5.74, 6) is 0. The number of alkyl halides is 1. The average molecular weight is 194 g/mol. The van der Waals surface area contributed by atoms with Gasteiger partial charge in [0.2, 0.25) is 0 Å². The molecule has 0 aliphatic rings. The van der Waals surface area contributed by atoms with Gasteiger partial charge in [-0.3, -0.25) is 4.39 Å². The van der Waals surface area contributed by atoms with E-state index in [1.165, 1.54) is 5.15 Å². The summed E-state index contributed by atoms with van der Waals surface area (Å²) in [6.45, 7) is 0. The van der Waals surface area contributed by atoms with Gasteiger partial charge in [0.25, 0.3) is 0 Å². The van der Waals surface area contributed by atoms with Gasteiger partial charge in [-0.15, -0.1) is 0 Å². The second-order valence-corrected chi connectivity index (χ2v) is 1.60. The Morgan fingerprint density at radius 1 is 1.18 bits per heavy atom. The second kappa shape index (κ2) is 16.8. The van der Waals surface area contributed by atoms with E-state index in [2.05, 4.69) is 0 Å². The van der Waals surface area contributed by atoms with Gasteiger partial charge in [0, 0.05) is 5.15 Å². The van der Waals surface area contributed by atoms with Crippen LogP contribution in [-0.2, 0) is 9.71 Å². The Morgan fingerprint density at radius 2 is 1.18 bits per heavy atom. The van der Waals surface area contributed by atoms with Crippen LogP contribution < -0.4 is 0 Å². The first kappa shape index (κ1) is 22.5. The Hall–Kier alpha value is 0.457. The predicted octanol–water partition coefficient (Wildman–Crippen LogP) is -0.219. The molecule has 0 aliphatic carbocycles. The van der Waals surface area contributed by atoms with Crippen LogP contribution in [0.2, 0.25) is 0 Å². The van der Waals surface area contributed by atoms with Crippen LogP contribution >= 0.6 is 7.82 Å². The van der Waals surface area contributed by atoms with Crippen molar-refractivity contribution in [2.24, 2.45) is 0 Å². The van der Waals surface area contributed by atoms with Crippen LogP contribution in [0, 0.1) is 0 Å². The van der Waals surface area contributed by atoms with E-state index in [1.807, 2.05) is 0 Å². The van der Waals surface area contributed by atoms with Crippen molar-refractivity contribution in [1.82, 2.24) is 0 Å². The quantitative estimate of drug-likeness (QED) is 0.366. The first-order valence-corrected chi connectivity index (χ1v) is 3.03. The molecule has 0 bridgehead atoms. The first-order chi connectivity index (χ1) is 4.41. The maximum atomic E-state index is 9.50. The van der Waals surface area contributed by atoms with Crippen molar-refractivity contribution in [3.8, 4) is 0 Å². The molecule has 0 atom stereocenters. The third-order valence-corrected chi connectivity index (χ3v) is 0. The standard InChI is InChI=1S/CH3F.F2O.Li.H3O4P.H/c1-2;1-3-2;;1-5(2,3)4;/h1H3;;;(H3,1,2,3,4);. The number of phosphoric acid groups is 1. The molecular weight excluding hydrogens is 187 g/mol. The second-order valence-electron chi connectivity index (χ2n) is 0.572. The predicted molar refractivity (Wildman–Crippen MR) is 31.7 cm³/mol. The Balaban J connectivity index is -0.0000000360. The van der Waals surface area contributed by atoms with E-state index in [0.29, 0.717) is 7.18 Å². The summed E-state index contributed by atoms with van der Waals surface area (Å²) >= 11 is 0. The number of rotatable bonds is 0.